The first-order valence-electron chi connectivity index (χ1n) is 4.70. The molecule has 5 nitrogen and oxygen atoms in total. The molecule has 0 saturated carbocycles. The number of hydrogen-bond donors (Lipinski definition) is 1. The number of aromatic amines is 1. The van der Waals surface area contributed by atoms with E-state index in [-0.39, 0.29) is 5.03 Å². The number of sulfonamides is 1. The highest BCUT2D eigenvalue weighted by Crippen LogP contribution is 2.17. The minimum atomic E-state index is -3.30. The number of H-pyrrole nitrogens is 1. The maximum absolute atomic E-state index is 11.9. The maximum atomic E-state index is 11.9. The SMILES string of the molecule is O=S(=O)(c1cnc[nH]1)N1CCCCC1. The fourth-order valence-electron chi connectivity index (χ4n) is 1.63. The fourth-order valence-corrected chi connectivity index (χ4v) is 3.04. The third-order valence-electron chi connectivity index (χ3n) is 2.41. The van der Waals surface area contributed by atoms with Crippen molar-refractivity contribution in [2.45, 2.75) is 24.3 Å². The smallest absolute Gasteiger partial charge is 0.260 e. The Balaban J connectivity index is 2.23. The van der Waals surface area contributed by atoms with Crippen LogP contribution in [0.2, 0.25) is 0 Å². The zero-order valence-corrected chi connectivity index (χ0v) is 8.63. The van der Waals surface area contributed by atoms with E-state index in [0.717, 1.165) is 19.3 Å². The summed E-state index contributed by atoms with van der Waals surface area (Å²) in [5, 5.41) is 0.194. The van der Waals surface area contributed by atoms with Gasteiger partial charge in [-0.05, 0) is 12.8 Å². The van der Waals surface area contributed by atoms with E-state index in [1.807, 2.05) is 0 Å². The molecule has 14 heavy (non-hydrogen) atoms. The van der Waals surface area contributed by atoms with Crippen molar-refractivity contribution in [3.8, 4) is 0 Å². The summed E-state index contributed by atoms with van der Waals surface area (Å²) in [4.78, 5) is 6.36. The van der Waals surface area contributed by atoms with E-state index in [2.05, 4.69) is 9.97 Å². The molecule has 0 spiro atoms. The van der Waals surface area contributed by atoms with E-state index < -0.39 is 10.0 Å². The Hall–Kier alpha value is -0.880. The minimum absolute atomic E-state index is 0.194. The van der Waals surface area contributed by atoms with Crippen molar-refractivity contribution in [1.29, 1.82) is 0 Å². The van der Waals surface area contributed by atoms with E-state index in [9.17, 15) is 8.42 Å². The average molecular weight is 215 g/mol. The molecule has 0 aliphatic carbocycles. The quantitative estimate of drug-likeness (QED) is 0.785. The van der Waals surface area contributed by atoms with E-state index in [1.54, 1.807) is 0 Å². The molecule has 0 aromatic carbocycles. The van der Waals surface area contributed by atoms with Crippen molar-refractivity contribution in [2.24, 2.45) is 0 Å². The highest BCUT2D eigenvalue weighted by molar-refractivity contribution is 7.89. The molecule has 0 bridgehead atoms. The van der Waals surface area contributed by atoms with Crippen LogP contribution in [0.5, 0.6) is 0 Å². The molecule has 1 fully saturated rings. The predicted octanol–water partition coefficient (Wildman–Crippen LogP) is 0.584. The first kappa shape index (κ1) is 9.67. The molecule has 2 rings (SSSR count). The fraction of sp³-hybridized carbons (Fsp3) is 0.625. The molecule has 2 heterocycles. The lowest BCUT2D eigenvalue weighted by Gasteiger charge is -2.24. The molecule has 1 aromatic heterocycles. The zero-order chi connectivity index (χ0) is 10.0. The standard InChI is InChI=1S/C8H13N3O2S/c12-14(13,8-6-9-7-10-8)11-4-2-1-3-5-11/h6-7H,1-5H2,(H,9,10). The summed E-state index contributed by atoms with van der Waals surface area (Å²) in [6.45, 7) is 1.25. The van der Waals surface area contributed by atoms with Gasteiger partial charge in [0.2, 0.25) is 0 Å². The van der Waals surface area contributed by atoms with Crippen LogP contribution in [-0.2, 0) is 10.0 Å². The largest absolute Gasteiger partial charge is 0.335 e. The van der Waals surface area contributed by atoms with Crippen LogP contribution in [-0.4, -0.2) is 35.8 Å². The van der Waals surface area contributed by atoms with Gasteiger partial charge in [-0.15, -0.1) is 0 Å². The lowest BCUT2D eigenvalue weighted by atomic mass is 10.2. The van der Waals surface area contributed by atoms with E-state index >= 15 is 0 Å². The first-order valence-corrected chi connectivity index (χ1v) is 6.14. The van der Waals surface area contributed by atoms with Crippen molar-refractivity contribution in [3.05, 3.63) is 12.5 Å². The maximum Gasteiger partial charge on any atom is 0.260 e. The molecule has 0 radical (unpaired) electrons. The van der Waals surface area contributed by atoms with Gasteiger partial charge in [0, 0.05) is 13.1 Å². The molecule has 6 heteroatoms. The van der Waals surface area contributed by atoms with Crippen molar-refractivity contribution < 1.29 is 8.42 Å². The number of rotatable bonds is 2. The van der Waals surface area contributed by atoms with Gasteiger partial charge in [-0.3, -0.25) is 0 Å². The van der Waals surface area contributed by atoms with Gasteiger partial charge in [-0.25, -0.2) is 13.4 Å². The second-order valence-corrected chi connectivity index (χ2v) is 5.29. The van der Waals surface area contributed by atoms with Crippen LogP contribution < -0.4 is 0 Å². The highest BCUT2D eigenvalue weighted by atomic mass is 32.2. The van der Waals surface area contributed by atoms with E-state index in [0.29, 0.717) is 13.1 Å². The molecule has 1 saturated heterocycles. The van der Waals surface area contributed by atoms with Gasteiger partial charge in [0.05, 0.1) is 12.5 Å². The zero-order valence-electron chi connectivity index (χ0n) is 7.81. The van der Waals surface area contributed by atoms with Crippen molar-refractivity contribution >= 4 is 10.0 Å². The number of aromatic nitrogens is 2. The molecule has 1 aliphatic rings. The van der Waals surface area contributed by atoms with Gasteiger partial charge in [-0.1, -0.05) is 6.42 Å². The summed E-state index contributed by atoms with van der Waals surface area (Å²) < 4.78 is 25.3. The number of imidazole rings is 1. The normalized spacial score (nSPS) is 19.7. The molecule has 1 aliphatic heterocycles. The lowest BCUT2D eigenvalue weighted by molar-refractivity contribution is 0.345. The second-order valence-electron chi connectivity index (χ2n) is 3.38. The van der Waals surface area contributed by atoms with Crippen LogP contribution in [0.15, 0.2) is 17.6 Å². The lowest BCUT2D eigenvalue weighted by Crippen LogP contribution is -2.35. The summed E-state index contributed by atoms with van der Waals surface area (Å²) in [5.74, 6) is 0. The minimum Gasteiger partial charge on any atom is -0.335 e. The van der Waals surface area contributed by atoms with Crippen LogP contribution >= 0.6 is 0 Å². The van der Waals surface area contributed by atoms with E-state index in [4.69, 9.17) is 0 Å². The van der Waals surface area contributed by atoms with Gasteiger partial charge in [0.1, 0.15) is 0 Å². The summed E-state index contributed by atoms with van der Waals surface area (Å²) >= 11 is 0. The average Bonchev–Trinajstić information content (AvgIpc) is 2.72. The van der Waals surface area contributed by atoms with Crippen LogP contribution in [0.1, 0.15) is 19.3 Å². The Morgan fingerprint density at radius 2 is 2.00 bits per heavy atom. The van der Waals surface area contributed by atoms with Gasteiger partial charge in [-0.2, -0.15) is 4.31 Å². The van der Waals surface area contributed by atoms with Crippen LogP contribution in [0.3, 0.4) is 0 Å². The molecular weight excluding hydrogens is 202 g/mol. The second kappa shape index (κ2) is 3.70. The third kappa shape index (κ3) is 1.67. The van der Waals surface area contributed by atoms with Gasteiger partial charge in [0.15, 0.2) is 5.03 Å². The third-order valence-corrected chi connectivity index (χ3v) is 4.23. The molecule has 0 unspecified atom stereocenters. The summed E-state index contributed by atoms with van der Waals surface area (Å²) in [6, 6.07) is 0. The van der Waals surface area contributed by atoms with Crippen LogP contribution in [0.4, 0.5) is 0 Å². The Morgan fingerprint density at radius 1 is 1.29 bits per heavy atom. The predicted molar refractivity (Wildman–Crippen MR) is 51.2 cm³/mol. The monoisotopic (exact) mass is 215 g/mol. The topological polar surface area (TPSA) is 66.1 Å². The number of nitrogens with zero attached hydrogens (tertiary/aromatic N) is 2. The number of nitrogens with one attached hydrogen (secondary N) is 1. The summed E-state index contributed by atoms with van der Waals surface area (Å²) in [5.41, 5.74) is 0. The van der Waals surface area contributed by atoms with Crippen LogP contribution in [0.25, 0.3) is 0 Å². The summed E-state index contributed by atoms with van der Waals surface area (Å²) in [7, 11) is -3.30. The molecular formula is C8H13N3O2S. The Bertz CT molecular complexity index is 379. The number of hydrogen-bond acceptors (Lipinski definition) is 3. The van der Waals surface area contributed by atoms with Gasteiger partial charge < -0.3 is 4.98 Å². The van der Waals surface area contributed by atoms with Gasteiger partial charge in [0.25, 0.3) is 10.0 Å². The first-order chi connectivity index (χ1) is 6.71. The van der Waals surface area contributed by atoms with Crippen LogP contribution in [0, 0.1) is 0 Å². The van der Waals surface area contributed by atoms with Gasteiger partial charge >= 0.3 is 0 Å². The Labute approximate surface area is 83.2 Å². The summed E-state index contributed by atoms with van der Waals surface area (Å²) in [6.07, 6.45) is 5.76. The van der Waals surface area contributed by atoms with Crippen molar-refractivity contribution in [2.75, 3.05) is 13.1 Å². The van der Waals surface area contributed by atoms with Crippen molar-refractivity contribution in [1.82, 2.24) is 14.3 Å². The molecule has 1 aromatic rings. The Morgan fingerprint density at radius 3 is 2.57 bits per heavy atom. The molecule has 0 atom stereocenters. The van der Waals surface area contributed by atoms with Crippen molar-refractivity contribution in [3.63, 3.8) is 0 Å². The molecule has 1 N–H and O–H groups in total. The Kier molecular flexibility index (Phi) is 2.56. The number of piperidine rings is 1. The molecule has 78 valence electrons. The molecule has 0 amide bonds. The highest BCUT2D eigenvalue weighted by Gasteiger charge is 2.26. The van der Waals surface area contributed by atoms with E-state index in [1.165, 1.54) is 16.8 Å².